The van der Waals surface area contributed by atoms with Gasteiger partial charge in [-0.1, -0.05) is 31.2 Å². The summed E-state index contributed by atoms with van der Waals surface area (Å²) in [6, 6.07) is 10.0. The molecule has 2 rings (SSSR count). The van der Waals surface area contributed by atoms with E-state index in [1.807, 2.05) is 0 Å². The highest BCUT2D eigenvalue weighted by atomic mass is 14.9. The second kappa shape index (κ2) is 4.14. The maximum atomic E-state index is 3.68. The third-order valence-electron chi connectivity index (χ3n) is 3.23. The maximum Gasteiger partial charge on any atom is 0.0328 e. The van der Waals surface area contributed by atoms with Crippen molar-refractivity contribution < 1.29 is 0 Å². The Morgan fingerprint density at radius 1 is 1.43 bits per heavy atom. The lowest BCUT2D eigenvalue weighted by Crippen LogP contribution is -2.28. The standard InChI is InChI=1S/C13H19N/c1-3-10(2)14-13-9-8-11-6-4-5-7-12(11)13/h4-7,10,13-14H,3,8-9H2,1-2H3. The minimum Gasteiger partial charge on any atom is -0.307 e. The lowest BCUT2D eigenvalue weighted by Gasteiger charge is -2.18. The summed E-state index contributed by atoms with van der Waals surface area (Å²) in [5.74, 6) is 0. The van der Waals surface area contributed by atoms with Crippen LogP contribution in [0.25, 0.3) is 0 Å². The summed E-state index contributed by atoms with van der Waals surface area (Å²) in [5.41, 5.74) is 3.06. The largest absolute Gasteiger partial charge is 0.307 e. The highest BCUT2D eigenvalue weighted by molar-refractivity contribution is 5.34. The van der Waals surface area contributed by atoms with E-state index < -0.39 is 0 Å². The monoisotopic (exact) mass is 189 g/mol. The third-order valence-corrected chi connectivity index (χ3v) is 3.23. The molecule has 1 heteroatoms. The van der Waals surface area contributed by atoms with Crippen molar-refractivity contribution in [2.75, 3.05) is 0 Å². The van der Waals surface area contributed by atoms with Crippen LogP contribution in [0.2, 0.25) is 0 Å². The van der Waals surface area contributed by atoms with Gasteiger partial charge in [0.2, 0.25) is 0 Å². The van der Waals surface area contributed by atoms with Crippen molar-refractivity contribution in [3.63, 3.8) is 0 Å². The van der Waals surface area contributed by atoms with Gasteiger partial charge in [-0.2, -0.15) is 0 Å². The van der Waals surface area contributed by atoms with Crippen LogP contribution in [0.15, 0.2) is 24.3 Å². The zero-order valence-corrected chi connectivity index (χ0v) is 9.09. The minimum atomic E-state index is 0.598. The number of hydrogen-bond donors (Lipinski definition) is 1. The normalized spacial score (nSPS) is 22.0. The lowest BCUT2D eigenvalue weighted by atomic mass is 10.1. The molecule has 1 aliphatic carbocycles. The van der Waals surface area contributed by atoms with Crippen LogP contribution in [0, 0.1) is 0 Å². The minimum absolute atomic E-state index is 0.598. The van der Waals surface area contributed by atoms with Crippen LogP contribution in [-0.4, -0.2) is 6.04 Å². The van der Waals surface area contributed by atoms with Gasteiger partial charge in [0, 0.05) is 12.1 Å². The smallest absolute Gasteiger partial charge is 0.0328 e. The number of fused-ring (bicyclic) bond motifs is 1. The Balaban J connectivity index is 2.10. The van der Waals surface area contributed by atoms with Crippen molar-refractivity contribution in [3.05, 3.63) is 35.4 Å². The second-order valence-corrected chi connectivity index (χ2v) is 4.27. The van der Waals surface area contributed by atoms with Crippen molar-refractivity contribution in [2.24, 2.45) is 0 Å². The van der Waals surface area contributed by atoms with E-state index in [1.165, 1.54) is 30.4 Å². The molecule has 0 aromatic heterocycles. The molecular formula is C13H19N. The fourth-order valence-electron chi connectivity index (χ4n) is 2.19. The van der Waals surface area contributed by atoms with Gasteiger partial charge in [0.05, 0.1) is 0 Å². The van der Waals surface area contributed by atoms with Gasteiger partial charge in [-0.05, 0) is 37.3 Å². The predicted octanol–water partition coefficient (Wildman–Crippen LogP) is 3.06. The van der Waals surface area contributed by atoms with Crippen molar-refractivity contribution in [1.29, 1.82) is 0 Å². The number of hydrogen-bond acceptors (Lipinski definition) is 1. The van der Waals surface area contributed by atoms with Crippen LogP contribution in [0.1, 0.15) is 43.9 Å². The number of aryl methyl sites for hydroxylation is 1. The molecule has 1 nitrogen and oxygen atoms in total. The first-order valence-electron chi connectivity index (χ1n) is 5.65. The molecule has 76 valence electrons. The number of rotatable bonds is 3. The fraction of sp³-hybridized carbons (Fsp3) is 0.538. The summed E-state index contributed by atoms with van der Waals surface area (Å²) in [5, 5.41) is 3.68. The molecule has 2 atom stereocenters. The molecule has 2 unspecified atom stereocenters. The molecule has 0 saturated heterocycles. The molecule has 0 spiro atoms. The SMILES string of the molecule is CCC(C)NC1CCc2ccccc21. The van der Waals surface area contributed by atoms with Crippen molar-refractivity contribution >= 4 is 0 Å². The summed E-state index contributed by atoms with van der Waals surface area (Å²) in [6.45, 7) is 4.50. The number of nitrogens with one attached hydrogen (secondary N) is 1. The van der Waals surface area contributed by atoms with Gasteiger partial charge >= 0.3 is 0 Å². The average molecular weight is 189 g/mol. The summed E-state index contributed by atoms with van der Waals surface area (Å²) in [4.78, 5) is 0. The first kappa shape index (κ1) is 9.72. The van der Waals surface area contributed by atoms with Crippen molar-refractivity contribution in [3.8, 4) is 0 Å². The van der Waals surface area contributed by atoms with Crippen LogP contribution in [-0.2, 0) is 6.42 Å². The Labute approximate surface area is 86.5 Å². The van der Waals surface area contributed by atoms with Crippen molar-refractivity contribution in [1.82, 2.24) is 5.32 Å². The molecule has 1 aromatic rings. The van der Waals surface area contributed by atoms with E-state index in [0.717, 1.165) is 0 Å². The highest BCUT2D eigenvalue weighted by Crippen LogP contribution is 2.31. The molecule has 1 N–H and O–H groups in total. The number of benzene rings is 1. The van der Waals surface area contributed by atoms with Crippen LogP contribution >= 0.6 is 0 Å². The second-order valence-electron chi connectivity index (χ2n) is 4.27. The molecule has 0 heterocycles. The lowest BCUT2D eigenvalue weighted by molar-refractivity contribution is 0.445. The Bertz CT molecular complexity index is 306. The van der Waals surface area contributed by atoms with Crippen LogP contribution < -0.4 is 5.32 Å². The van der Waals surface area contributed by atoms with Gasteiger partial charge in [0.15, 0.2) is 0 Å². The molecule has 0 fully saturated rings. The van der Waals surface area contributed by atoms with Crippen LogP contribution in [0.4, 0.5) is 0 Å². The molecule has 0 saturated carbocycles. The quantitative estimate of drug-likeness (QED) is 0.770. The highest BCUT2D eigenvalue weighted by Gasteiger charge is 2.22. The van der Waals surface area contributed by atoms with Gasteiger partial charge in [0.25, 0.3) is 0 Å². The van der Waals surface area contributed by atoms with E-state index in [2.05, 4.69) is 43.4 Å². The molecule has 0 amide bonds. The third kappa shape index (κ3) is 1.83. The molecule has 0 bridgehead atoms. The van der Waals surface area contributed by atoms with E-state index in [1.54, 1.807) is 0 Å². The summed E-state index contributed by atoms with van der Waals surface area (Å²) >= 11 is 0. The van der Waals surface area contributed by atoms with E-state index in [9.17, 15) is 0 Å². The van der Waals surface area contributed by atoms with Gasteiger partial charge in [-0.15, -0.1) is 0 Å². The molecule has 0 radical (unpaired) electrons. The van der Waals surface area contributed by atoms with Crippen LogP contribution in [0.5, 0.6) is 0 Å². The van der Waals surface area contributed by atoms with Crippen LogP contribution in [0.3, 0.4) is 0 Å². The Kier molecular flexibility index (Phi) is 2.87. The predicted molar refractivity (Wildman–Crippen MR) is 60.4 cm³/mol. The van der Waals surface area contributed by atoms with E-state index in [0.29, 0.717) is 12.1 Å². The summed E-state index contributed by atoms with van der Waals surface area (Å²) in [7, 11) is 0. The Morgan fingerprint density at radius 2 is 2.21 bits per heavy atom. The first-order chi connectivity index (χ1) is 6.81. The van der Waals surface area contributed by atoms with Gasteiger partial charge in [-0.3, -0.25) is 0 Å². The van der Waals surface area contributed by atoms with Crippen molar-refractivity contribution in [2.45, 2.75) is 45.2 Å². The topological polar surface area (TPSA) is 12.0 Å². The molecule has 1 aliphatic rings. The Morgan fingerprint density at radius 3 is 3.00 bits per heavy atom. The Hall–Kier alpha value is -0.820. The zero-order valence-electron chi connectivity index (χ0n) is 9.09. The fourth-order valence-corrected chi connectivity index (χ4v) is 2.19. The summed E-state index contributed by atoms with van der Waals surface area (Å²) in [6.07, 6.45) is 3.71. The van der Waals surface area contributed by atoms with E-state index in [4.69, 9.17) is 0 Å². The zero-order chi connectivity index (χ0) is 9.97. The first-order valence-corrected chi connectivity index (χ1v) is 5.65. The molecular weight excluding hydrogens is 170 g/mol. The average Bonchev–Trinajstić information content (AvgIpc) is 2.62. The molecule has 0 aliphatic heterocycles. The summed E-state index contributed by atoms with van der Waals surface area (Å²) < 4.78 is 0. The van der Waals surface area contributed by atoms with Gasteiger partial charge in [-0.25, -0.2) is 0 Å². The molecule has 14 heavy (non-hydrogen) atoms. The van der Waals surface area contributed by atoms with Gasteiger partial charge in [0.1, 0.15) is 0 Å². The van der Waals surface area contributed by atoms with E-state index in [-0.39, 0.29) is 0 Å². The van der Waals surface area contributed by atoms with E-state index >= 15 is 0 Å². The maximum absolute atomic E-state index is 3.68. The molecule has 1 aromatic carbocycles. The van der Waals surface area contributed by atoms with Gasteiger partial charge < -0.3 is 5.32 Å².